The minimum absolute atomic E-state index is 0.0117. The summed E-state index contributed by atoms with van der Waals surface area (Å²) < 4.78 is 125. The van der Waals surface area contributed by atoms with Crippen LogP contribution in [0.15, 0.2) is 160 Å². The maximum atomic E-state index is 13.7. The number of pyridine rings is 1. The summed E-state index contributed by atoms with van der Waals surface area (Å²) in [6, 6.07) is 25.3. The van der Waals surface area contributed by atoms with Gasteiger partial charge >= 0.3 is 11.9 Å². The SMILES string of the molecule is Cc1ccc(S(=O)(=O)N[C@@H](Cc2cn(S(=O)(=O)c3ccc(C)cc3)cn2)C(=O)OCc2cccc(COC(=O)[C@H](Cc3cn(S(=O)(=O)c4ccc(C)cc4)cn3)NS(=O)(=O)c3ccc(C)cc3)n2)cc1. The summed E-state index contributed by atoms with van der Waals surface area (Å²) >= 11 is 0. The van der Waals surface area contributed by atoms with E-state index in [0.29, 0.717) is 0 Å². The van der Waals surface area contributed by atoms with Gasteiger partial charge in [0.1, 0.15) is 38.0 Å². The molecule has 0 aliphatic heterocycles. The monoisotopic (exact) mass is 1030 g/mol. The molecule has 23 heteroatoms. The number of nitrogens with one attached hydrogen (secondary N) is 2. The average Bonchev–Trinajstić information content (AvgIpc) is 4.01. The van der Waals surface area contributed by atoms with E-state index in [1.54, 1.807) is 76.2 Å². The smallest absolute Gasteiger partial charge is 0.324 e. The number of aromatic nitrogens is 5. The van der Waals surface area contributed by atoms with Gasteiger partial charge in [-0.05, 0) is 88.4 Å². The van der Waals surface area contributed by atoms with E-state index < -0.39 is 90.2 Å². The number of benzene rings is 4. The van der Waals surface area contributed by atoms with Gasteiger partial charge in [0.2, 0.25) is 20.0 Å². The molecule has 3 heterocycles. The highest BCUT2D eigenvalue weighted by atomic mass is 32.2. The number of carbonyl (C=O) groups excluding carboxylic acids is 2. The lowest BCUT2D eigenvalue weighted by atomic mass is 10.2. The molecule has 70 heavy (non-hydrogen) atoms. The number of aryl methyl sites for hydroxylation is 4. The summed E-state index contributed by atoms with van der Waals surface area (Å²) in [5, 5.41) is 0. The van der Waals surface area contributed by atoms with Crippen molar-refractivity contribution < 1.29 is 52.7 Å². The summed E-state index contributed by atoms with van der Waals surface area (Å²) in [6.07, 6.45) is 3.59. The topological polar surface area (TPSA) is 262 Å². The van der Waals surface area contributed by atoms with Crippen molar-refractivity contribution in [1.82, 2.24) is 32.3 Å². The quantitative estimate of drug-likeness (QED) is 0.1000. The van der Waals surface area contributed by atoms with E-state index in [2.05, 4.69) is 24.4 Å². The van der Waals surface area contributed by atoms with Gasteiger partial charge in [0, 0.05) is 25.2 Å². The molecule has 0 unspecified atom stereocenters. The molecule has 19 nitrogen and oxygen atoms in total. The third-order valence-corrected chi connectivity index (χ3v) is 16.9. The minimum atomic E-state index is -4.33. The van der Waals surface area contributed by atoms with Crippen LogP contribution >= 0.6 is 0 Å². The maximum absolute atomic E-state index is 13.7. The second-order valence-corrected chi connectivity index (χ2v) is 23.4. The van der Waals surface area contributed by atoms with E-state index in [4.69, 9.17) is 9.47 Å². The van der Waals surface area contributed by atoms with Crippen molar-refractivity contribution in [2.24, 2.45) is 0 Å². The van der Waals surface area contributed by atoms with Crippen LogP contribution in [-0.4, -0.2) is 80.6 Å². The fourth-order valence-electron chi connectivity index (χ4n) is 6.72. The Morgan fingerprint density at radius 3 is 1.11 bits per heavy atom. The number of esters is 2. The molecule has 0 aliphatic rings. The molecule has 7 aromatic rings. The molecule has 2 N–H and O–H groups in total. The molecule has 0 spiro atoms. The third kappa shape index (κ3) is 12.5. The molecule has 0 saturated carbocycles. The standard InChI is InChI=1S/C47H47N7O12S4/c1-32-8-16-40(17-9-32)67(57,58)51-44(24-38-26-53(30-48-38)69(61,62)42-20-12-34(3)13-21-42)46(55)65-28-36-6-5-7-37(50-36)29-66-47(56)45(52-68(59,60)41-18-10-33(2)11-19-41)25-39-27-54(31-49-39)70(63,64)43-22-14-35(4)15-23-43/h5-23,26-27,30-31,44-45,51-52H,24-25,28-29H2,1-4H3/t44-,45-/m0/s1. The first kappa shape index (κ1) is 51.0. The lowest BCUT2D eigenvalue weighted by Gasteiger charge is -2.18. The van der Waals surface area contributed by atoms with Crippen LogP contribution in [0.3, 0.4) is 0 Å². The van der Waals surface area contributed by atoms with Crippen LogP contribution in [0, 0.1) is 27.7 Å². The molecular weight excluding hydrogens is 983 g/mol. The van der Waals surface area contributed by atoms with Crippen LogP contribution in [0.2, 0.25) is 0 Å². The molecule has 3 aromatic heterocycles. The second kappa shape index (κ2) is 21.0. The van der Waals surface area contributed by atoms with E-state index >= 15 is 0 Å². The molecule has 0 bridgehead atoms. The normalized spacial score (nSPS) is 13.1. The number of ether oxygens (including phenoxy) is 2. The van der Waals surface area contributed by atoms with Crippen LogP contribution in [0.25, 0.3) is 0 Å². The fourth-order valence-corrected chi connectivity index (χ4v) is 11.4. The molecule has 2 atom stereocenters. The van der Waals surface area contributed by atoms with Gasteiger partial charge in [-0.2, -0.15) is 9.44 Å². The fraction of sp³-hybridized carbons (Fsp3) is 0.213. The molecule has 0 fully saturated rings. The number of hydrogen-bond donors (Lipinski definition) is 2. The van der Waals surface area contributed by atoms with Crippen molar-refractivity contribution in [3.63, 3.8) is 0 Å². The Kier molecular flexibility index (Phi) is 15.3. The summed E-state index contributed by atoms with van der Waals surface area (Å²) in [6.45, 7) is 6.17. The highest BCUT2D eigenvalue weighted by Crippen LogP contribution is 2.20. The zero-order valence-electron chi connectivity index (χ0n) is 38.0. The second-order valence-electron chi connectivity index (χ2n) is 16.2. The first-order valence-corrected chi connectivity index (χ1v) is 27.1. The Morgan fingerprint density at radius 1 is 0.471 bits per heavy atom. The molecule has 0 radical (unpaired) electrons. The predicted octanol–water partition coefficient (Wildman–Crippen LogP) is 4.45. The lowest BCUT2D eigenvalue weighted by Crippen LogP contribution is -2.43. The van der Waals surface area contributed by atoms with Crippen molar-refractivity contribution in [3.8, 4) is 0 Å². The average molecular weight is 1030 g/mol. The minimum Gasteiger partial charge on any atom is -0.458 e. The zero-order valence-corrected chi connectivity index (χ0v) is 41.3. The Labute approximate surface area is 405 Å². The number of carbonyl (C=O) groups is 2. The van der Waals surface area contributed by atoms with E-state index in [0.717, 1.165) is 42.9 Å². The Bertz CT molecular complexity index is 3240. The lowest BCUT2D eigenvalue weighted by molar-refractivity contribution is -0.147. The van der Waals surface area contributed by atoms with Crippen molar-refractivity contribution in [2.75, 3.05) is 0 Å². The van der Waals surface area contributed by atoms with Gasteiger partial charge in [0.25, 0.3) is 20.0 Å². The van der Waals surface area contributed by atoms with Crippen LogP contribution in [0.4, 0.5) is 0 Å². The Balaban J connectivity index is 1.06. The molecule has 4 aromatic carbocycles. The van der Waals surface area contributed by atoms with E-state index in [1.165, 1.54) is 79.1 Å². The van der Waals surface area contributed by atoms with Crippen LogP contribution in [0.1, 0.15) is 45.0 Å². The van der Waals surface area contributed by atoms with Crippen molar-refractivity contribution in [1.29, 1.82) is 0 Å². The van der Waals surface area contributed by atoms with Crippen molar-refractivity contribution >= 4 is 52.0 Å². The molecule has 7 rings (SSSR count). The number of hydrogen-bond acceptors (Lipinski definition) is 15. The summed E-state index contributed by atoms with van der Waals surface area (Å²) in [4.78, 5) is 39.9. The number of imidazole rings is 2. The predicted molar refractivity (Wildman–Crippen MR) is 254 cm³/mol. The van der Waals surface area contributed by atoms with E-state index in [9.17, 15) is 43.3 Å². The summed E-state index contributed by atoms with van der Waals surface area (Å²) in [5.74, 6) is -2.11. The van der Waals surface area contributed by atoms with E-state index in [1.807, 2.05) is 0 Å². The van der Waals surface area contributed by atoms with Gasteiger partial charge in [0.05, 0.1) is 42.4 Å². The van der Waals surface area contributed by atoms with Gasteiger partial charge in [0.15, 0.2) is 0 Å². The van der Waals surface area contributed by atoms with Crippen LogP contribution in [0.5, 0.6) is 0 Å². The molecule has 0 saturated heterocycles. The maximum Gasteiger partial charge on any atom is 0.324 e. The molecule has 0 aliphatic carbocycles. The van der Waals surface area contributed by atoms with Gasteiger partial charge < -0.3 is 9.47 Å². The van der Waals surface area contributed by atoms with Gasteiger partial charge in [-0.15, -0.1) is 0 Å². The largest absolute Gasteiger partial charge is 0.458 e. The van der Waals surface area contributed by atoms with Crippen LogP contribution in [-0.2, 0) is 85.2 Å². The van der Waals surface area contributed by atoms with Gasteiger partial charge in [-0.1, -0.05) is 76.9 Å². The van der Waals surface area contributed by atoms with Crippen molar-refractivity contribution in [2.45, 2.75) is 85.4 Å². The molecule has 366 valence electrons. The first-order valence-electron chi connectivity index (χ1n) is 21.3. The zero-order chi connectivity index (χ0) is 50.4. The highest BCUT2D eigenvalue weighted by Gasteiger charge is 2.31. The van der Waals surface area contributed by atoms with Gasteiger partial charge in [-0.3, -0.25) is 14.6 Å². The first-order chi connectivity index (χ1) is 33.1. The van der Waals surface area contributed by atoms with Crippen molar-refractivity contribution in [3.05, 3.63) is 185 Å². The van der Waals surface area contributed by atoms with E-state index in [-0.39, 0.29) is 42.4 Å². The molecule has 0 amide bonds. The number of nitrogens with zero attached hydrogens (tertiary/aromatic N) is 5. The summed E-state index contributed by atoms with van der Waals surface area (Å²) in [5.41, 5.74) is 3.66. The van der Waals surface area contributed by atoms with Gasteiger partial charge in [-0.25, -0.2) is 51.6 Å². The Morgan fingerprint density at radius 2 is 0.786 bits per heavy atom. The number of sulfonamides is 2. The van der Waals surface area contributed by atoms with Crippen LogP contribution < -0.4 is 9.44 Å². The summed E-state index contributed by atoms with van der Waals surface area (Å²) in [7, 11) is -16.8. The highest BCUT2D eigenvalue weighted by molar-refractivity contribution is 7.90. The number of rotatable bonds is 20. The third-order valence-electron chi connectivity index (χ3n) is 10.7. The Hall–Kier alpha value is -6.89. The molecular formula is C47H47N7O12S4.